The molecule has 2 rings (SSSR count). The van der Waals surface area contributed by atoms with Crippen LogP contribution >= 0.6 is 0 Å². The zero-order valence-corrected chi connectivity index (χ0v) is 8.22. The first kappa shape index (κ1) is 9.62. The van der Waals surface area contributed by atoms with E-state index in [0.29, 0.717) is 5.56 Å². The van der Waals surface area contributed by atoms with Crippen molar-refractivity contribution in [3.63, 3.8) is 0 Å². The zero-order chi connectivity index (χ0) is 9.97. The number of ether oxygens (including phenoxy) is 1. The van der Waals surface area contributed by atoms with Gasteiger partial charge in [-0.15, -0.1) is 0 Å². The van der Waals surface area contributed by atoms with E-state index in [2.05, 4.69) is 5.32 Å². The number of benzene rings is 1. The molecule has 1 fully saturated rings. The van der Waals surface area contributed by atoms with Gasteiger partial charge in [0, 0.05) is 13.1 Å². The molecule has 1 unspecified atom stereocenters. The van der Waals surface area contributed by atoms with Crippen LogP contribution in [0.1, 0.15) is 17.2 Å². The number of morpholine rings is 1. The van der Waals surface area contributed by atoms with E-state index in [1.807, 2.05) is 6.07 Å². The van der Waals surface area contributed by atoms with E-state index >= 15 is 0 Å². The van der Waals surface area contributed by atoms with Gasteiger partial charge in [0.2, 0.25) is 0 Å². The third-order valence-corrected chi connectivity index (χ3v) is 2.48. The van der Waals surface area contributed by atoms with Crippen molar-refractivity contribution in [2.24, 2.45) is 0 Å². The summed E-state index contributed by atoms with van der Waals surface area (Å²) in [5, 5.41) is 3.25. The molecule has 0 aliphatic carbocycles. The molecule has 1 N–H and O–H groups in total. The first-order valence-electron chi connectivity index (χ1n) is 4.86. The van der Waals surface area contributed by atoms with Crippen molar-refractivity contribution in [3.8, 4) is 0 Å². The molecular formula is C11H14FNO. The lowest BCUT2D eigenvalue weighted by atomic mass is 10.1. The molecule has 1 aliphatic rings. The Morgan fingerprint density at radius 3 is 3.00 bits per heavy atom. The number of aryl methyl sites for hydroxylation is 1. The predicted octanol–water partition coefficient (Wildman–Crippen LogP) is 1.80. The van der Waals surface area contributed by atoms with E-state index in [1.165, 1.54) is 6.07 Å². The van der Waals surface area contributed by atoms with Crippen molar-refractivity contribution in [1.29, 1.82) is 0 Å². The third-order valence-electron chi connectivity index (χ3n) is 2.48. The van der Waals surface area contributed by atoms with Crippen LogP contribution in [0.4, 0.5) is 4.39 Å². The smallest absolute Gasteiger partial charge is 0.126 e. The zero-order valence-electron chi connectivity index (χ0n) is 8.22. The van der Waals surface area contributed by atoms with Gasteiger partial charge in [-0.2, -0.15) is 0 Å². The van der Waals surface area contributed by atoms with Gasteiger partial charge in [0.05, 0.1) is 12.7 Å². The average molecular weight is 195 g/mol. The first-order chi connectivity index (χ1) is 6.77. The van der Waals surface area contributed by atoms with Crippen molar-refractivity contribution in [1.82, 2.24) is 5.32 Å². The Bertz CT molecular complexity index is 321. The lowest BCUT2D eigenvalue weighted by Gasteiger charge is -2.24. The molecular weight excluding hydrogens is 181 g/mol. The molecule has 0 amide bonds. The van der Waals surface area contributed by atoms with Crippen molar-refractivity contribution in [2.45, 2.75) is 13.0 Å². The van der Waals surface area contributed by atoms with Crippen LogP contribution in [0.25, 0.3) is 0 Å². The second-order valence-electron chi connectivity index (χ2n) is 3.57. The molecule has 0 aromatic heterocycles. The fourth-order valence-corrected chi connectivity index (χ4v) is 1.65. The molecule has 1 heterocycles. The maximum Gasteiger partial charge on any atom is 0.126 e. The third kappa shape index (κ3) is 1.94. The summed E-state index contributed by atoms with van der Waals surface area (Å²) in [5.74, 6) is -0.155. The van der Waals surface area contributed by atoms with Crippen LogP contribution in [0.5, 0.6) is 0 Å². The Morgan fingerprint density at radius 2 is 2.36 bits per heavy atom. The van der Waals surface area contributed by atoms with Crippen LogP contribution in [0.15, 0.2) is 18.2 Å². The van der Waals surface area contributed by atoms with Gasteiger partial charge in [0.25, 0.3) is 0 Å². The summed E-state index contributed by atoms with van der Waals surface area (Å²) in [5.41, 5.74) is 1.73. The maximum atomic E-state index is 13.0. The molecule has 0 spiro atoms. The summed E-state index contributed by atoms with van der Waals surface area (Å²) in [6.07, 6.45) is 0.0723. The molecule has 1 atom stereocenters. The van der Waals surface area contributed by atoms with Crippen molar-refractivity contribution >= 4 is 0 Å². The lowest BCUT2D eigenvalue weighted by molar-refractivity contribution is 0.0276. The molecule has 14 heavy (non-hydrogen) atoms. The number of hydrogen-bond donors (Lipinski definition) is 1. The van der Waals surface area contributed by atoms with Gasteiger partial charge in [0.15, 0.2) is 0 Å². The number of rotatable bonds is 1. The normalized spacial score (nSPS) is 22.3. The largest absolute Gasteiger partial charge is 0.371 e. The highest BCUT2D eigenvalue weighted by Crippen LogP contribution is 2.20. The number of nitrogens with one attached hydrogen (secondary N) is 1. The van der Waals surface area contributed by atoms with Gasteiger partial charge in [-0.1, -0.05) is 12.1 Å². The highest BCUT2D eigenvalue weighted by molar-refractivity contribution is 5.26. The highest BCUT2D eigenvalue weighted by atomic mass is 19.1. The van der Waals surface area contributed by atoms with Gasteiger partial charge in [0.1, 0.15) is 5.82 Å². The molecule has 1 aromatic rings. The van der Waals surface area contributed by atoms with Crippen LogP contribution in [0.2, 0.25) is 0 Å². The monoisotopic (exact) mass is 195 g/mol. The van der Waals surface area contributed by atoms with Gasteiger partial charge in [-0.05, 0) is 24.1 Å². The van der Waals surface area contributed by atoms with Crippen LogP contribution in [-0.2, 0) is 4.74 Å². The van der Waals surface area contributed by atoms with Crippen molar-refractivity contribution < 1.29 is 9.13 Å². The van der Waals surface area contributed by atoms with E-state index in [4.69, 9.17) is 4.74 Å². The molecule has 0 radical (unpaired) electrons. The molecule has 0 bridgehead atoms. The van der Waals surface area contributed by atoms with Gasteiger partial charge < -0.3 is 10.1 Å². The summed E-state index contributed by atoms with van der Waals surface area (Å²) in [6, 6.07) is 5.15. The van der Waals surface area contributed by atoms with Gasteiger partial charge in [-0.3, -0.25) is 0 Å². The summed E-state index contributed by atoms with van der Waals surface area (Å²) in [4.78, 5) is 0. The van der Waals surface area contributed by atoms with Crippen LogP contribution in [0.3, 0.4) is 0 Å². The van der Waals surface area contributed by atoms with Crippen molar-refractivity contribution in [3.05, 3.63) is 35.1 Å². The minimum atomic E-state index is -0.155. The van der Waals surface area contributed by atoms with E-state index in [-0.39, 0.29) is 11.9 Å². The van der Waals surface area contributed by atoms with Crippen LogP contribution in [0, 0.1) is 12.7 Å². The average Bonchev–Trinajstić information content (AvgIpc) is 2.23. The van der Waals surface area contributed by atoms with Crippen molar-refractivity contribution in [2.75, 3.05) is 19.7 Å². The Hall–Kier alpha value is -0.930. The predicted molar refractivity (Wildman–Crippen MR) is 52.7 cm³/mol. The van der Waals surface area contributed by atoms with E-state index in [9.17, 15) is 4.39 Å². The fourth-order valence-electron chi connectivity index (χ4n) is 1.65. The summed E-state index contributed by atoms with van der Waals surface area (Å²) < 4.78 is 18.6. The molecule has 76 valence electrons. The van der Waals surface area contributed by atoms with Crippen LogP contribution < -0.4 is 5.32 Å². The molecule has 1 saturated heterocycles. The van der Waals surface area contributed by atoms with Gasteiger partial charge in [-0.25, -0.2) is 4.39 Å². The summed E-state index contributed by atoms with van der Waals surface area (Å²) >= 11 is 0. The lowest BCUT2D eigenvalue weighted by Crippen LogP contribution is -2.33. The standard InChI is InChI=1S/C11H14FNO/c1-8-6-9(2-3-10(8)12)11-7-13-4-5-14-11/h2-3,6,11,13H,4-5,7H2,1H3. The maximum absolute atomic E-state index is 13.0. The Balaban J connectivity index is 2.18. The van der Waals surface area contributed by atoms with E-state index in [0.717, 1.165) is 25.3 Å². The van der Waals surface area contributed by atoms with E-state index < -0.39 is 0 Å². The SMILES string of the molecule is Cc1cc(C2CNCCO2)ccc1F. The topological polar surface area (TPSA) is 21.3 Å². The Morgan fingerprint density at radius 1 is 1.50 bits per heavy atom. The minimum absolute atomic E-state index is 0.0723. The molecule has 0 saturated carbocycles. The molecule has 1 aromatic carbocycles. The Kier molecular flexibility index (Phi) is 2.79. The minimum Gasteiger partial charge on any atom is -0.371 e. The fraction of sp³-hybridized carbons (Fsp3) is 0.455. The first-order valence-corrected chi connectivity index (χ1v) is 4.86. The second-order valence-corrected chi connectivity index (χ2v) is 3.57. The molecule has 3 heteroatoms. The number of halogens is 1. The Labute approximate surface area is 83.1 Å². The number of hydrogen-bond acceptors (Lipinski definition) is 2. The highest BCUT2D eigenvalue weighted by Gasteiger charge is 2.15. The molecule has 1 aliphatic heterocycles. The second kappa shape index (κ2) is 4.07. The quantitative estimate of drug-likeness (QED) is 0.737. The van der Waals surface area contributed by atoms with E-state index in [1.54, 1.807) is 13.0 Å². The molecule has 2 nitrogen and oxygen atoms in total. The summed E-state index contributed by atoms with van der Waals surface area (Å²) in [7, 11) is 0. The van der Waals surface area contributed by atoms with Crippen LogP contribution in [-0.4, -0.2) is 19.7 Å². The summed E-state index contributed by atoms with van der Waals surface area (Å²) in [6.45, 7) is 4.21. The van der Waals surface area contributed by atoms with Gasteiger partial charge >= 0.3 is 0 Å².